The van der Waals surface area contributed by atoms with Gasteiger partial charge < -0.3 is 4.90 Å². The third-order valence-corrected chi connectivity index (χ3v) is 4.70. The minimum Gasteiger partial charge on any atom is -0.332 e. The van der Waals surface area contributed by atoms with Gasteiger partial charge in [0.1, 0.15) is 6.33 Å². The second kappa shape index (κ2) is 7.90. The van der Waals surface area contributed by atoms with Crippen molar-refractivity contribution in [1.29, 1.82) is 0 Å². The van der Waals surface area contributed by atoms with Crippen molar-refractivity contribution in [3.05, 3.63) is 69.0 Å². The lowest BCUT2D eigenvalue weighted by molar-refractivity contribution is -0.137. The van der Waals surface area contributed by atoms with E-state index in [9.17, 15) is 22.8 Å². The van der Waals surface area contributed by atoms with Crippen molar-refractivity contribution in [3.63, 3.8) is 0 Å². The zero-order valence-electron chi connectivity index (χ0n) is 16.1. The van der Waals surface area contributed by atoms with E-state index in [1.54, 1.807) is 6.92 Å². The fourth-order valence-corrected chi connectivity index (χ4v) is 2.98. The van der Waals surface area contributed by atoms with Gasteiger partial charge in [0.05, 0.1) is 11.6 Å². The topological polar surface area (TPSA) is 85.9 Å². The Kier molecular flexibility index (Phi) is 5.66. The van der Waals surface area contributed by atoms with Crippen molar-refractivity contribution in [2.24, 2.45) is 7.05 Å². The molecule has 0 bridgehead atoms. The molecule has 3 aromatic rings. The Bertz CT molecular complexity index is 1160. The summed E-state index contributed by atoms with van der Waals surface area (Å²) in [6.45, 7) is 1.63. The summed E-state index contributed by atoms with van der Waals surface area (Å²) in [5, 5.41) is 7.96. The standard InChI is InChI=1S/C18H16ClF3N6O2/c1-10(16-23-9-24-28(16)14-4-5-15(29)27(3)25-14)26(2)17(30)11-6-12(18(20,21)22)8-13(19)7-11/h4-10H,1-3H3/t10-/m0/s1. The number of aromatic nitrogens is 5. The van der Waals surface area contributed by atoms with Gasteiger partial charge in [0.15, 0.2) is 11.6 Å². The number of amides is 1. The second-order valence-electron chi connectivity index (χ2n) is 6.50. The third kappa shape index (κ3) is 4.20. The molecule has 1 amide bonds. The van der Waals surface area contributed by atoms with E-state index in [4.69, 9.17) is 11.6 Å². The minimum atomic E-state index is -4.64. The first-order valence-corrected chi connectivity index (χ1v) is 8.96. The lowest BCUT2D eigenvalue weighted by Gasteiger charge is -2.25. The summed E-state index contributed by atoms with van der Waals surface area (Å²) in [6, 6.07) is 4.73. The van der Waals surface area contributed by atoms with Crippen LogP contribution in [0.2, 0.25) is 5.02 Å². The molecule has 158 valence electrons. The second-order valence-corrected chi connectivity index (χ2v) is 6.94. The quantitative estimate of drug-likeness (QED) is 0.622. The van der Waals surface area contributed by atoms with Crippen LogP contribution in [-0.4, -0.2) is 42.4 Å². The molecular formula is C18H16ClF3N6O2. The molecule has 1 aromatic carbocycles. The number of hydrogen-bond acceptors (Lipinski definition) is 5. The Labute approximate surface area is 173 Å². The monoisotopic (exact) mass is 440 g/mol. The number of rotatable bonds is 4. The molecule has 2 heterocycles. The molecule has 0 N–H and O–H groups in total. The van der Waals surface area contributed by atoms with Crippen molar-refractivity contribution in [2.45, 2.75) is 19.1 Å². The summed E-state index contributed by atoms with van der Waals surface area (Å²) in [7, 11) is 2.90. The van der Waals surface area contributed by atoms with Crippen LogP contribution >= 0.6 is 11.6 Å². The van der Waals surface area contributed by atoms with Gasteiger partial charge in [-0.1, -0.05) is 11.6 Å². The highest BCUT2D eigenvalue weighted by Gasteiger charge is 2.32. The maximum absolute atomic E-state index is 13.1. The summed E-state index contributed by atoms with van der Waals surface area (Å²) < 4.78 is 41.6. The van der Waals surface area contributed by atoms with Crippen molar-refractivity contribution in [2.75, 3.05) is 7.05 Å². The average molecular weight is 441 g/mol. The first kappa shape index (κ1) is 21.5. The summed E-state index contributed by atoms with van der Waals surface area (Å²) in [5.74, 6) is -0.0899. The van der Waals surface area contributed by atoms with Gasteiger partial charge >= 0.3 is 6.18 Å². The fraction of sp³-hybridized carbons (Fsp3) is 0.278. The number of carbonyl (C=O) groups is 1. The molecule has 0 saturated carbocycles. The van der Waals surface area contributed by atoms with Crippen LogP contribution in [0.5, 0.6) is 0 Å². The van der Waals surface area contributed by atoms with E-state index in [0.29, 0.717) is 11.6 Å². The number of nitrogens with zero attached hydrogens (tertiary/aromatic N) is 6. The molecule has 0 aliphatic carbocycles. The van der Waals surface area contributed by atoms with Gasteiger partial charge in [-0.15, -0.1) is 5.10 Å². The summed E-state index contributed by atoms with van der Waals surface area (Å²) in [5.41, 5.74) is -1.55. The van der Waals surface area contributed by atoms with E-state index in [1.807, 2.05) is 0 Å². The molecule has 8 nitrogen and oxygen atoms in total. The molecule has 0 radical (unpaired) electrons. The van der Waals surface area contributed by atoms with Gasteiger partial charge in [-0.05, 0) is 31.2 Å². The number of carbonyl (C=O) groups excluding carboxylic acids is 1. The van der Waals surface area contributed by atoms with Gasteiger partial charge in [-0.25, -0.2) is 9.67 Å². The molecule has 3 rings (SSSR count). The Morgan fingerprint density at radius 2 is 1.93 bits per heavy atom. The van der Waals surface area contributed by atoms with Gasteiger partial charge in [-0.2, -0.15) is 23.0 Å². The normalized spacial score (nSPS) is 12.6. The van der Waals surface area contributed by atoms with E-state index in [2.05, 4.69) is 15.2 Å². The molecule has 1 atom stereocenters. The molecule has 30 heavy (non-hydrogen) atoms. The Morgan fingerprint density at radius 1 is 1.23 bits per heavy atom. The van der Waals surface area contributed by atoms with Gasteiger partial charge in [0.2, 0.25) is 0 Å². The zero-order valence-corrected chi connectivity index (χ0v) is 16.8. The maximum atomic E-state index is 13.1. The average Bonchev–Trinajstić information content (AvgIpc) is 3.17. The number of alkyl halides is 3. The van der Waals surface area contributed by atoms with Crippen LogP contribution in [0.1, 0.15) is 34.7 Å². The molecule has 0 aliphatic heterocycles. The van der Waals surface area contributed by atoms with Gasteiger partial charge in [0, 0.05) is 30.7 Å². The maximum Gasteiger partial charge on any atom is 0.416 e. The predicted octanol–water partition coefficient (Wildman–Crippen LogP) is 2.87. The van der Waals surface area contributed by atoms with Crippen LogP contribution in [0.3, 0.4) is 0 Å². The summed E-state index contributed by atoms with van der Waals surface area (Å²) in [6.07, 6.45) is -3.39. The van der Waals surface area contributed by atoms with Crippen molar-refractivity contribution >= 4 is 17.5 Å². The SMILES string of the molecule is C[C@@H](c1ncnn1-c1ccc(=O)n(C)n1)N(C)C(=O)c1cc(Cl)cc(C(F)(F)F)c1. The molecule has 12 heteroatoms. The Hall–Kier alpha value is -3.21. The predicted molar refractivity (Wildman–Crippen MR) is 101 cm³/mol. The molecule has 0 unspecified atom stereocenters. The van der Waals surface area contributed by atoms with E-state index < -0.39 is 23.7 Å². The van der Waals surface area contributed by atoms with E-state index in [1.165, 1.54) is 48.2 Å². The first-order chi connectivity index (χ1) is 14.0. The highest BCUT2D eigenvalue weighted by molar-refractivity contribution is 6.31. The number of benzene rings is 1. The van der Waals surface area contributed by atoms with Crippen LogP contribution in [-0.2, 0) is 13.2 Å². The molecule has 0 spiro atoms. The van der Waals surface area contributed by atoms with Crippen molar-refractivity contribution in [3.8, 4) is 5.82 Å². The van der Waals surface area contributed by atoms with Gasteiger partial charge in [0.25, 0.3) is 11.5 Å². The Balaban J connectivity index is 1.94. The lowest BCUT2D eigenvalue weighted by Crippen LogP contribution is -2.32. The first-order valence-electron chi connectivity index (χ1n) is 8.58. The lowest BCUT2D eigenvalue weighted by atomic mass is 10.1. The molecule has 2 aromatic heterocycles. The minimum absolute atomic E-state index is 0.202. The molecule has 0 fully saturated rings. The van der Waals surface area contributed by atoms with Crippen LogP contribution in [0.15, 0.2) is 41.5 Å². The number of aryl methyl sites for hydroxylation is 1. The molecule has 0 saturated heterocycles. The molecule has 0 aliphatic rings. The van der Waals surface area contributed by atoms with Gasteiger partial charge in [-0.3, -0.25) is 9.59 Å². The summed E-state index contributed by atoms with van der Waals surface area (Å²) >= 11 is 5.78. The van der Waals surface area contributed by atoms with E-state index >= 15 is 0 Å². The van der Waals surface area contributed by atoms with Crippen LogP contribution in [0.25, 0.3) is 5.82 Å². The highest BCUT2D eigenvalue weighted by atomic mass is 35.5. The fourth-order valence-electron chi connectivity index (χ4n) is 2.74. The third-order valence-electron chi connectivity index (χ3n) is 4.48. The zero-order chi connectivity index (χ0) is 22.2. The van der Waals surface area contributed by atoms with Crippen LogP contribution < -0.4 is 5.56 Å². The Morgan fingerprint density at radius 3 is 2.57 bits per heavy atom. The van der Waals surface area contributed by atoms with Crippen LogP contribution in [0.4, 0.5) is 13.2 Å². The van der Waals surface area contributed by atoms with Crippen LogP contribution in [0, 0.1) is 0 Å². The highest BCUT2D eigenvalue weighted by Crippen LogP contribution is 2.32. The number of hydrogen-bond donors (Lipinski definition) is 0. The molecular weight excluding hydrogens is 425 g/mol. The van der Waals surface area contributed by atoms with Crippen molar-refractivity contribution in [1.82, 2.24) is 29.4 Å². The smallest absolute Gasteiger partial charge is 0.332 e. The summed E-state index contributed by atoms with van der Waals surface area (Å²) in [4.78, 5) is 29.7. The largest absolute Gasteiger partial charge is 0.416 e. The number of halogens is 4. The van der Waals surface area contributed by atoms with E-state index in [0.717, 1.165) is 16.8 Å². The van der Waals surface area contributed by atoms with Crippen molar-refractivity contribution < 1.29 is 18.0 Å². The van der Waals surface area contributed by atoms with E-state index in [-0.39, 0.29) is 16.1 Å².